The first-order valence-corrected chi connectivity index (χ1v) is 9.35. The van der Waals surface area contributed by atoms with Crippen molar-refractivity contribution in [3.63, 3.8) is 0 Å². The fourth-order valence-electron chi connectivity index (χ4n) is 4.19. The van der Waals surface area contributed by atoms with Crippen molar-refractivity contribution in [2.75, 3.05) is 0 Å². The normalized spacial score (nSPS) is 21.3. The highest BCUT2D eigenvalue weighted by Crippen LogP contribution is 2.30. The van der Waals surface area contributed by atoms with Gasteiger partial charge in [-0.05, 0) is 63.1 Å². The van der Waals surface area contributed by atoms with Crippen molar-refractivity contribution in [3.8, 4) is 5.69 Å². The molecule has 0 saturated heterocycles. The van der Waals surface area contributed by atoms with E-state index in [1.54, 1.807) is 10.7 Å². The third-order valence-corrected chi connectivity index (χ3v) is 5.59. The monoisotopic (exact) mass is 371 g/mol. The van der Waals surface area contributed by atoms with Crippen LogP contribution in [0.2, 0.25) is 0 Å². The average Bonchev–Trinajstić information content (AvgIpc) is 3.31. The van der Waals surface area contributed by atoms with Crippen LogP contribution in [0.25, 0.3) is 5.69 Å². The number of hydrogen-bond donors (Lipinski definition) is 2. The van der Waals surface area contributed by atoms with Crippen LogP contribution in [0.3, 0.4) is 0 Å². The number of halogens is 1. The number of benzene rings is 1. The Balaban J connectivity index is 1.61. The van der Waals surface area contributed by atoms with Gasteiger partial charge in [0.2, 0.25) is 0 Å². The number of fused-ring (bicyclic) bond motifs is 1. The molecule has 2 atom stereocenters. The zero-order chi connectivity index (χ0) is 19.1. The van der Waals surface area contributed by atoms with Gasteiger partial charge in [-0.25, -0.2) is 9.07 Å². The molecule has 0 radical (unpaired) electrons. The fourth-order valence-corrected chi connectivity index (χ4v) is 4.19. The van der Waals surface area contributed by atoms with E-state index in [2.05, 4.69) is 10.4 Å². The lowest BCUT2D eigenvalue weighted by Crippen LogP contribution is -2.34. The summed E-state index contributed by atoms with van der Waals surface area (Å²) in [5.74, 6) is -1.87. The van der Waals surface area contributed by atoms with E-state index in [4.69, 9.17) is 5.11 Å². The van der Waals surface area contributed by atoms with Gasteiger partial charge in [0.15, 0.2) is 5.69 Å². The van der Waals surface area contributed by atoms with E-state index in [9.17, 15) is 14.0 Å². The van der Waals surface area contributed by atoms with Gasteiger partial charge in [-0.3, -0.25) is 9.59 Å². The number of nitrogens with one attached hydrogen (secondary N) is 1. The second-order valence-corrected chi connectivity index (χ2v) is 7.51. The molecule has 1 fully saturated rings. The summed E-state index contributed by atoms with van der Waals surface area (Å²) >= 11 is 0. The number of aromatic nitrogens is 2. The van der Waals surface area contributed by atoms with Crippen LogP contribution in [0.1, 0.15) is 53.0 Å². The highest BCUT2D eigenvalue weighted by Gasteiger charge is 2.33. The maximum atomic E-state index is 14.4. The predicted octanol–water partition coefficient (Wildman–Crippen LogP) is 2.79. The minimum Gasteiger partial charge on any atom is -0.481 e. The standard InChI is InChI=1S/C20H22FN3O3/c1-11-5-8-17(15(21)9-11)24-16-4-2-3-14(16)18(23-24)19(25)22-13-7-6-12(10-13)20(26)27/h5,8-9,12-13H,2-4,6-7,10H2,1H3,(H,22,25)(H,26,27)/t12-,13+/m0/s1. The summed E-state index contributed by atoms with van der Waals surface area (Å²) in [6, 6.07) is 4.82. The Hall–Kier alpha value is -2.70. The van der Waals surface area contributed by atoms with Gasteiger partial charge in [-0.1, -0.05) is 6.07 Å². The highest BCUT2D eigenvalue weighted by molar-refractivity contribution is 5.94. The van der Waals surface area contributed by atoms with Crippen LogP contribution in [0, 0.1) is 18.7 Å². The zero-order valence-corrected chi connectivity index (χ0v) is 15.2. The first-order chi connectivity index (χ1) is 12.9. The van der Waals surface area contributed by atoms with Gasteiger partial charge >= 0.3 is 5.97 Å². The molecule has 2 aromatic rings. The molecular formula is C20H22FN3O3. The Morgan fingerprint density at radius 2 is 2.11 bits per heavy atom. The lowest BCUT2D eigenvalue weighted by Gasteiger charge is -2.12. The molecule has 2 aliphatic carbocycles. The quantitative estimate of drug-likeness (QED) is 0.866. The largest absolute Gasteiger partial charge is 0.481 e. The van der Waals surface area contributed by atoms with Crippen LogP contribution in [-0.2, 0) is 17.6 Å². The van der Waals surface area contributed by atoms with E-state index in [0.29, 0.717) is 30.6 Å². The van der Waals surface area contributed by atoms with Crippen molar-refractivity contribution in [1.29, 1.82) is 0 Å². The number of rotatable bonds is 4. The molecule has 1 aromatic heterocycles. The lowest BCUT2D eigenvalue weighted by atomic mass is 10.1. The number of aliphatic carboxylic acids is 1. The van der Waals surface area contributed by atoms with Crippen molar-refractivity contribution in [1.82, 2.24) is 15.1 Å². The van der Waals surface area contributed by atoms with Gasteiger partial charge in [0.1, 0.15) is 11.5 Å². The van der Waals surface area contributed by atoms with Crippen molar-refractivity contribution < 1.29 is 19.1 Å². The third kappa shape index (κ3) is 3.22. The van der Waals surface area contributed by atoms with Crippen molar-refractivity contribution in [2.24, 2.45) is 5.92 Å². The first-order valence-electron chi connectivity index (χ1n) is 9.35. The van der Waals surface area contributed by atoms with E-state index in [0.717, 1.165) is 36.1 Å². The number of nitrogens with zero attached hydrogens (tertiary/aromatic N) is 2. The summed E-state index contributed by atoms with van der Waals surface area (Å²) in [5.41, 5.74) is 3.27. The molecule has 27 heavy (non-hydrogen) atoms. The van der Waals surface area contributed by atoms with Crippen LogP contribution in [-0.4, -0.2) is 32.8 Å². The molecule has 0 aliphatic heterocycles. The van der Waals surface area contributed by atoms with Crippen LogP contribution in [0.5, 0.6) is 0 Å². The number of amides is 1. The lowest BCUT2D eigenvalue weighted by molar-refractivity contribution is -0.141. The second-order valence-electron chi connectivity index (χ2n) is 7.51. The molecule has 1 saturated carbocycles. The van der Waals surface area contributed by atoms with Gasteiger partial charge in [-0.15, -0.1) is 0 Å². The molecule has 0 bridgehead atoms. The third-order valence-electron chi connectivity index (χ3n) is 5.59. The maximum Gasteiger partial charge on any atom is 0.306 e. The van der Waals surface area contributed by atoms with Gasteiger partial charge in [-0.2, -0.15) is 5.10 Å². The van der Waals surface area contributed by atoms with Crippen molar-refractivity contribution in [2.45, 2.75) is 51.5 Å². The molecule has 4 rings (SSSR count). The number of carbonyl (C=O) groups excluding carboxylic acids is 1. The summed E-state index contributed by atoms with van der Waals surface area (Å²) in [7, 11) is 0. The molecule has 2 N–H and O–H groups in total. The Bertz CT molecular complexity index is 921. The molecule has 142 valence electrons. The number of aryl methyl sites for hydroxylation is 1. The predicted molar refractivity (Wildman–Crippen MR) is 96.5 cm³/mol. The Kier molecular flexibility index (Phi) is 4.45. The summed E-state index contributed by atoms with van der Waals surface area (Å²) in [6.07, 6.45) is 4.07. The van der Waals surface area contributed by atoms with E-state index < -0.39 is 11.9 Å². The molecule has 2 aliphatic rings. The van der Waals surface area contributed by atoms with Crippen LogP contribution < -0.4 is 5.32 Å². The van der Waals surface area contributed by atoms with Crippen LogP contribution in [0.4, 0.5) is 4.39 Å². The Labute approximate surface area is 156 Å². The topological polar surface area (TPSA) is 84.2 Å². The highest BCUT2D eigenvalue weighted by atomic mass is 19.1. The molecule has 0 unspecified atom stereocenters. The van der Waals surface area contributed by atoms with E-state index in [1.807, 2.05) is 13.0 Å². The SMILES string of the molecule is Cc1ccc(-n2nc(C(=O)N[C@@H]3CC[C@H](C(=O)O)C3)c3c2CCC3)c(F)c1. The minimum absolute atomic E-state index is 0.156. The average molecular weight is 371 g/mol. The molecule has 0 spiro atoms. The number of carboxylic acid groups (broad SMARTS) is 1. The number of carbonyl (C=O) groups is 2. The van der Waals surface area contributed by atoms with Gasteiger partial charge in [0.05, 0.1) is 5.92 Å². The van der Waals surface area contributed by atoms with Gasteiger partial charge in [0, 0.05) is 17.3 Å². The molecule has 7 heteroatoms. The number of carboxylic acids is 1. The van der Waals surface area contributed by atoms with E-state index in [1.165, 1.54) is 6.07 Å². The fraction of sp³-hybridized carbons (Fsp3) is 0.450. The molecule has 1 heterocycles. The van der Waals surface area contributed by atoms with Crippen molar-refractivity contribution >= 4 is 11.9 Å². The molecule has 1 amide bonds. The maximum absolute atomic E-state index is 14.4. The summed E-state index contributed by atoms with van der Waals surface area (Å²) in [6.45, 7) is 1.82. The Morgan fingerprint density at radius 1 is 1.30 bits per heavy atom. The Morgan fingerprint density at radius 3 is 2.81 bits per heavy atom. The van der Waals surface area contributed by atoms with E-state index in [-0.39, 0.29) is 17.8 Å². The molecule has 1 aromatic carbocycles. The van der Waals surface area contributed by atoms with E-state index >= 15 is 0 Å². The molecule has 6 nitrogen and oxygen atoms in total. The van der Waals surface area contributed by atoms with Gasteiger partial charge < -0.3 is 10.4 Å². The number of hydrogen-bond acceptors (Lipinski definition) is 3. The van der Waals surface area contributed by atoms with Crippen LogP contribution in [0.15, 0.2) is 18.2 Å². The summed E-state index contributed by atoms with van der Waals surface area (Å²) in [4.78, 5) is 23.9. The minimum atomic E-state index is -0.813. The van der Waals surface area contributed by atoms with Crippen LogP contribution >= 0.6 is 0 Å². The van der Waals surface area contributed by atoms with Crippen molar-refractivity contribution in [3.05, 3.63) is 46.5 Å². The molecular weight excluding hydrogens is 349 g/mol. The first kappa shape index (κ1) is 17.7. The summed E-state index contributed by atoms with van der Waals surface area (Å²) in [5, 5.41) is 16.5. The smallest absolute Gasteiger partial charge is 0.306 e. The van der Waals surface area contributed by atoms with Gasteiger partial charge in [0.25, 0.3) is 5.91 Å². The second kappa shape index (κ2) is 6.79. The summed E-state index contributed by atoms with van der Waals surface area (Å²) < 4.78 is 16.0. The zero-order valence-electron chi connectivity index (χ0n) is 15.2.